The maximum Gasteiger partial charge on any atom is 0.418 e. The van der Waals surface area contributed by atoms with Gasteiger partial charge >= 0.3 is 6.18 Å². The SMILES string of the molecule is COc1ccccc1OCC(=O)NCC(=O)Nc1ccccc1C(F)(F)F. The highest BCUT2D eigenvalue weighted by molar-refractivity contribution is 5.95. The molecule has 2 rings (SSSR count). The largest absolute Gasteiger partial charge is 0.493 e. The number of amides is 2. The van der Waals surface area contributed by atoms with E-state index in [-0.39, 0.29) is 12.3 Å². The number of halogens is 3. The summed E-state index contributed by atoms with van der Waals surface area (Å²) in [4.78, 5) is 23.6. The number of carbonyl (C=O) groups is 2. The van der Waals surface area contributed by atoms with Gasteiger partial charge in [0.1, 0.15) is 0 Å². The van der Waals surface area contributed by atoms with E-state index in [9.17, 15) is 22.8 Å². The van der Waals surface area contributed by atoms with Crippen molar-refractivity contribution in [1.29, 1.82) is 0 Å². The van der Waals surface area contributed by atoms with Gasteiger partial charge in [-0.3, -0.25) is 9.59 Å². The minimum absolute atomic E-state index is 0.346. The highest BCUT2D eigenvalue weighted by Gasteiger charge is 2.33. The Morgan fingerprint density at radius 3 is 2.26 bits per heavy atom. The van der Waals surface area contributed by atoms with Crippen molar-refractivity contribution >= 4 is 17.5 Å². The van der Waals surface area contributed by atoms with Gasteiger partial charge in [0.2, 0.25) is 5.91 Å². The molecule has 0 aliphatic heterocycles. The van der Waals surface area contributed by atoms with E-state index in [0.717, 1.165) is 12.1 Å². The van der Waals surface area contributed by atoms with Gasteiger partial charge in [0.05, 0.1) is 24.9 Å². The molecule has 0 radical (unpaired) electrons. The van der Waals surface area contributed by atoms with Crippen molar-refractivity contribution < 1.29 is 32.2 Å². The Morgan fingerprint density at radius 2 is 1.59 bits per heavy atom. The zero-order valence-electron chi connectivity index (χ0n) is 14.3. The zero-order valence-corrected chi connectivity index (χ0v) is 14.3. The van der Waals surface area contributed by atoms with Crippen LogP contribution in [0, 0.1) is 0 Å². The van der Waals surface area contributed by atoms with Crippen molar-refractivity contribution in [2.75, 3.05) is 25.6 Å². The van der Waals surface area contributed by atoms with Crippen LogP contribution in [0.2, 0.25) is 0 Å². The average molecular weight is 382 g/mol. The molecule has 0 heterocycles. The Bertz CT molecular complexity index is 809. The molecular formula is C18H17F3N2O4. The lowest BCUT2D eigenvalue weighted by atomic mass is 10.1. The first-order valence-electron chi connectivity index (χ1n) is 7.80. The number of anilines is 1. The molecule has 0 fully saturated rings. The number of hydrogen-bond donors (Lipinski definition) is 2. The fourth-order valence-electron chi connectivity index (χ4n) is 2.14. The lowest BCUT2D eigenvalue weighted by Crippen LogP contribution is -2.36. The van der Waals surface area contributed by atoms with Gasteiger partial charge in [-0.2, -0.15) is 13.2 Å². The van der Waals surface area contributed by atoms with Gasteiger partial charge in [0.15, 0.2) is 18.1 Å². The van der Waals surface area contributed by atoms with Gasteiger partial charge < -0.3 is 20.1 Å². The number of alkyl halides is 3. The van der Waals surface area contributed by atoms with Crippen LogP contribution in [0.4, 0.5) is 18.9 Å². The third-order valence-electron chi connectivity index (χ3n) is 3.38. The summed E-state index contributed by atoms with van der Waals surface area (Å²) in [5.41, 5.74) is -1.35. The van der Waals surface area contributed by atoms with Crippen LogP contribution in [0.3, 0.4) is 0 Å². The minimum atomic E-state index is -4.60. The number of para-hydroxylation sites is 3. The lowest BCUT2D eigenvalue weighted by molar-refractivity contribution is -0.137. The first-order chi connectivity index (χ1) is 12.8. The van der Waals surface area contributed by atoms with Gasteiger partial charge in [-0.25, -0.2) is 0 Å². The Hall–Kier alpha value is -3.23. The minimum Gasteiger partial charge on any atom is -0.493 e. The van der Waals surface area contributed by atoms with Gasteiger partial charge in [0.25, 0.3) is 5.91 Å². The van der Waals surface area contributed by atoms with Crippen molar-refractivity contribution in [1.82, 2.24) is 5.32 Å². The molecule has 0 unspecified atom stereocenters. The summed E-state index contributed by atoms with van der Waals surface area (Å²) >= 11 is 0. The first kappa shape index (κ1) is 20.1. The predicted molar refractivity (Wildman–Crippen MR) is 91.6 cm³/mol. The average Bonchev–Trinajstić information content (AvgIpc) is 2.64. The number of nitrogens with one attached hydrogen (secondary N) is 2. The molecule has 0 saturated carbocycles. The van der Waals surface area contributed by atoms with E-state index >= 15 is 0 Å². The summed E-state index contributed by atoms with van der Waals surface area (Å²) in [7, 11) is 1.45. The van der Waals surface area contributed by atoms with Crippen LogP contribution in [0.1, 0.15) is 5.56 Å². The Balaban J connectivity index is 1.85. The third-order valence-corrected chi connectivity index (χ3v) is 3.38. The molecule has 0 bridgehead atoms. The predicted octanol–water partition coefficient (Wildman–Crippen LogP) is 2.85. The van der Waals surface area contributed by atoms with E-state index in [2.05, 4.69) is 10.6 Å². The van der Waals surface area contributed by atoms with Crippen LogP contribution in [-0.2, 0) is 15.8 Å². The number of methoxy groups -OCH3 is 1. The van der Waals surface area contributed by atoms with E-state index in [1.807, 2.05) is 0 Å². The number of rotatable bonds is 7. The zero-order chi connectivity index (χ0) is 19.9. The van der Waals surface area contributed by atoms with Crippen molar-refractivity contribution in [3.05, 3.63) is 54.1 Å². The normalized spacial score (nSPS) is 10.8. The van der Waals surface area contributed by atoms with E-state index in [1.54, 1.807) is 24.3 Å². The van der Waals surface area contributed by atoms with Gasteiger partial charge in [-0.15, -0.1) is 0 Å². The molecule has 9 heteroatoms. The molecule has 2 amide bonds. The standard InChI is InChI=1S/C18H17F3N2O4/c1-26-14-8-4-5-9-15(14)27-11-17(25)22-10-16(24)23-13-7-3-2-6-12(13)18(19,20)21/h2-9H,10-11H2,1H3,(H,22,25)(H,23,24). The number of ether oxygens (including phenoxy) is 2. The molecule has 0 spiro atoms. The van der Waals surface area contributed by atoms with Gasteiger partial charge in [0, 0.05) is 0 Å². The first-order valence-corrected chi connectivity index (χ1v) is 7.80. The summed E-state index contributed by atoms with van der Waals surface area (Å²) in [6.45, 7) is -0.882. The summed E-state index contributed by atoms with van der Waals surface area (Å²) in [6, 6.07) is 11.3. The van der Waals surface area contributed by atoms with E-state index < -0.39 is 30.1 Å². The Labute approximate surface area is 153 Å². The maximum atomic E-state index is 12.9. The molecule has 0 atom stereocenters. The van der Waals surface area contributed by atoms with Crippen LogP contribution >= 0.6 is 0 Å². The van der Waals surface area contributed by atoms with E-state index in [1.165, 1.54) is 19.2 Å². The molecule has 0 aliphatic carbocycles. The Kier molecular flexibility index (Phi) is 6.64. The number of hydrogen-bond acceptors (Lipinski definition) is 4. The fraction of sp³-hybridized carbons (Fsp3) is 0.222. The lowest BCUT2D eigenvalue weighted by Gasteiger charge is -2.14. The van der Waals surface area contributed by atoms with Crippen LogP contribution in [-0.4, -0.2) is 32.1 Å². The number of carbonyl (C=O) groups excluding carboxylic acids is 2. The van der Waals surface area contributed by atoms with Crippen LogP contribution in [0.5, 0.6) is 11.5 Å². The van der Waals surface area contributed by atoms with Gasteiger partial charge in [-0.1, -0.05) is 24.3 Å². The second-order valence-electron chi connectivity index (χ2n) is 5.31. The molecule has 0 aromatic heterocycles. The smallest absolute Gasteiger partial charge is 0.418 e. The topological polar surface area (TPSA) is 76.7 Å². The van der Waals surface area contributed by atoms with Crippen molar-refractivity contribution in [3.8, 4) is 11.5 Å². The summed E-state index contributed by atoms with van der Waals surface area (Å²) < 4.78 is 49.0. The third kappa shape index (κ3) is 5.91. The highest BCUT2D eigenvalue weighted by atomic mass is 19.4. The van der Waals surface area contributed by atoms with Crippen molar-refractivity contribution in [2.24, 2.45) is 0 Å². The summed E-state index contributed by atoms with van der Waals surface area (Å²) in [6.07, 6.45) is -4.60. The van der Waals surface area contributed by atoms with Crippen LogP contribution in [0.25, 0.3) is 0 Å². The molecular weight excluding hydrogens is 365 g/mol. The monoisotopic (exact) mass is 382 g/mol. The summed E-state index contributed by atoms with van der Waals surface area (Å²) in [5, 5.41) is 4.40. The van der Waals surface area contributed by atoms with Crippen molar-refractivity contribution in [2.45, 2.75) is 6.18 Å². The van der Waals surface area contributed by atoms with Crippen LogP contribution in [0.15, 0.2) is 48.5 Å². The molecule has 0 saturated heterocycles. The van der Waals surface area contributed by atoms with E-state index in [0.29, 0.717) is 11.5 Å². The quantitative estimate of drug-likeness (QED) is 0.772. The fourth-order valence-corrected chi connectivity index (χ4v) is 2.14. The van der Waals surface area contributed by atoms with E-state index in [4.69, 9.17) is 9.47 Å². The maximum absolute atomic E-state index is 12.9. The second kappa shape index (κ2) is 8.93. The Morgan fingerprint density at radius 1 is 0.963 bits per heavy atom. The molecule has 6 nitrogen and oxygen atoms in total. The number of benzene rings is 2. The van der Waals surface area contributed by atoms with Crippen molar-refractivity contribution in [3.63, 3.8) is 0 Å². The summed E-state index contributed by atoms with van der Waals surface area (Å²) in [5.74, 6) is -0.622. The molecule has 2 aromatic carbocycles. The molecule has 27 heavy (non-hydrogen) atoms. The molecule has 2 N–H and O–H groups in total. The molecule has 0 aliphatic rings. The molecule has 2 aromatic rings. The molecule has 144 valence electrons. The van der Waals surface area contributed by atoms with Crippen LogP contribution < -0.4 is 20.1 Å². The van der Waals surface area contributed by atoms with Gasteiger partial charge in [-0.05, 0) is 24.3 Å². The second-order valence-corrected chi connectivity index (χ2v) is 5.31. The highest BCUT2D eigenvalue weighted by Crippen LogP contribution is 2.34.